The Morgan fingerprint density at radius 1 is 0.882 bits per heavy atom. The largest absolute Gasteiger partial charge is 0.445 e. The molecule has 0 bridgehead atoms. The van der Waals surface area contributed by atoms with Crippen LogP contribution in [-0.2, 0) is 35.7 Å². The minimum atomic E-state index is -0.425. The monoisotopic (exact) mass is 505 g/mol. The van der Waals surface area contributed by atoms with E-state index < -0.39 is 12.2 Å². The minimum absolute atomic E-state index is 0.0804. The van der Waals surface area contributed by atoms with E-state index in [-0.39, 0.29) is 25.3 Å². The summed E-state index contributed by atoms with van der Waals surface area (Å²) in [7, 11) is 0. The van der Waals surface area contributed by atoms with Gasteiger partial charge in [-0.2, -0.15) is 0 Å². The maximum Gasteiger partial charge on any atom is 0.407 e. The molecule has 2 fully saturated rings. The number of amides is 2. The molecule has 1 aromatic heterocycles. The molecular formula is C25H29Cl2N3O4. The Bertz CT molecular complexity index is 1090. The number of ether oxygens (including phenoxy) is 2. The Hall–Kier alpha value is -2.38. The zero-order valence-corrected chi connectivity index (χ0v) is 20.5. The van der Waals surface area contributed by atoms with Crippen molar-refractivity contribution in [3.8, 4) is 11.3 Å². The maximum absolute atomic E-state index is 12.4. The lowest BCUT2D eigenvalue weighted by Crippen LogP contribution is -2.40. The molecule has 7 nitrogen and oxygen atoms in total. The van der Waals surface area contributed by atoms with Gasteiger partial charge in [-0.25, -0.2) is 9.59 Å². The average Bonchev–Trinajstić information content (AvgIpc) is 3.33. The van der Waals surface area contributed by atoms with Gasteiger partial charge in [0, 0.05) is 41.0 Å². The number of halogens is 2. The molecule has 5 rings (SSSR count). The average molecular weight is 506 g/mol. The van der Waals surface area contributed by atoms with Gasteiger partial charge in [-0.15, -0.1) is 0 Å². The van der Waals surface area contributed by atoms with E-state index >= 15 is 0 Å². The van der Waals surface area contributed by atoms with Crippen LogP contribution in [0, 0.1) is 0 Å². The molecule has 0 spiro atoms. The lowest BCUT2D eigenvalue weighted by atomic mass is 9.93. The van der Waals surface area contributed by atoms with Crippen molar-refractivity contribution in [3.63, 3.8) is 0 Å². The van der Waals surface area contributed by atoms with Crippen molar-refractivity contribution in [2.75, 3.05) is 0 Å². The zero-order chi connectivity index (χ0) is 23.7. The number of carbonyl (C=O) groups excluding carboxylic acids is 2. The number of fused-ring (bicyclic) bond motifs is 1. The first-order valence-corrected chi connectivity index (χ1v) is 12.8. The van der Waals surface area contributed by atoms with E-state index in [0.717, 1.165) is 86.0 Å². The highest BCUT2D eigenvalue weighted by Crippen LogP contribution is 2.39. The Kier molecular flexibility index (Phi) is 6.93. The van der Waals surface area contributed by atoms with Crippen LogP contribution in [0.15, 0.2) is 18.2 Å². The molecule has 2 N–H and O–H groups in total. The van der Waals surface area contributed by atoms with Crippen LogP contribution in [0.25, 0.3) is 11.3 Å². The number of hydrogen-bond acceptors (Lipinski definition) is 4. The van der Waals surface area contributed by atoms with E-state index in [4.69, 9.17) is 32.7 Å². The standard InChI is InChI=1S/C25H29Cl2N3O4/c26-20-10-9-15(12-21(20)27)23-19(14-34-25(32)29-17-6-2-7-17)18(22-8-3-11-30(22)23)13-33-24(31)28-16-4-1-5-16/h9-10,12,16-17H,1-8,11,13-14H2,(H,28,31)(H,29,32). The van der Waals surface area contributed by atoms with Crippen molar-refractivity contribution in [1.82, 2.24) is 15.2 Å². The number of nitrogens with one attached hydrogen (secondary N) is 2. The maximum atomic E-state index is 12.4. The summed E-state index contributed by atoms with van der Waals surface area (Å²) < 4.78 is 13.5. The predicted molar refractivity (Wildman–Crippen MR) is 130 cm³/mol. The summed E-state index contributed by atoms with van der Waals surface area (Å²) in [5.74, 6) is 0. The molecule has 1 aromatic carbocycles. The summed E-state index contributed by atoms with van der Waals surface area (Å²) >= 11 is 12.5. The van der Waals surface area contributed by atoms with Gasteiger partial charge in [-0.1, -0.05) is 29.3 Å². The SMILES string of the molecule is O=C(NC1CCC1)OCc1c(COC(=O)NC2CCC2)c(-c2ccc(Cl)c(Cl)c2)n2c1CCC2. The number of benzene rings is 1. The molecule has 2 aliphatic carbocycles. The van der Waals surface area contributed by atoms with Gasteiger partial charge in [0.15, 0.2) is 0 Å². The molecule has 2 amide bonds. The molecule has 1 aliphatic heterocycles. The van der Waals surface area contributed by atoms with Crippen LogP contribution in [0.3, 0.4) is 0 Å². The quantitative estimate of drug-likeness (QED) is 0.485. The van der Waals surface area contributed by atoms with Crippen LogP contribution in [0.1, 0.15) is 61.8 Å². The Morgan fingerprint density at radius 3 is 2.06 bits per heavy atom. The summed E-state index contributed by atoms with van der Waals surface area (Å²) in [6, 6.07) is 5.92. The Labute approximate surface area is 209 Å². The van der Waals surface area contributed by atoms with Crippen LogP contribution in [-0.4, -0.2) is 28.8 Å². The number of hydrogen-bond donors (Lipinski definition) is 2. The van der Waals surface area contributed by atoms with Crippen molar-refractivity contribution >= 4 is 35.4 Å². The molecule has 9 heteroatoms. The van der Waals surface area contributed by atoms with Gasteiger partial charge in [0.25, 0.3) is 0 Å². The highest BCUT2D eigenvalue weighted by molar-refractivity contribution is 6.42. The van der Waals surface area contributed by atoms with Crippen LogP contribution in [0.2, 0.25) is 10.0 Å². The van der Waals surface area contributed by atoms with Crippen molar-refractivity contribution in [3.05, 3.63) is 45.1 Å². The molecule has 182 valence electrons. The van der Waals surface area contributed by atoms with Crippen LogP contribution in [0.5, 0.6) is 0 Å². The van der Waals surface area contributed by atoms with E-state index in [2.05, 4.69) is 15.2 Å². The number of nitrogens with zero attached hydrogens (tertiary/aromatic N) is 1. The first-order valence-electron chi connectivity index (χ1n) is 12.0. The van der Waals surface area contributed by atoms with E-state index in [1.807, 2.05) is 12.1 Å². The second kappa shape index (κ2) is 10.1. The molecule has 0 radical (unpaired) electrons. The summed E-state index contributed by atoms with van der Waals surface area (Å²) in [5.41, 5.74) is 4.67. The molecule has 3 aliphatic rings. The lowest BCUT2D eigenvalue weighted by Gasteiger charge is -2.26. The van der Waals surface area contributed by atoms with Gasteiger partial charge in [-0.05, 0) is 63.5 Å². The second-order valence-electron chi connectivity index (χ2n) is 9.33. The van der Waals surface area contributed by atoms with E-state index in [0.29, 0.717) is 10.0 Å². The van der Waals surface area contributed by atoms with E-state index in [1.54, 1.807) is 6.07 Å². The molecule has 0 unspecified atom stereocenters. The third kappa shape index (κ3) is 4.86. The number of aromatic nitrogens is 1. The molecule has 2 saturated carbocycles. The fraction of sp³-hybridized carbons (Fsp3) is 0.520. The van der Waals surface area contributed by atoms with Crippen molar-refractivity contribution < 1.29 is 19.1 Å². The zero-order valence-electron chi connectivity index (χ0n) is 19.0. The first kappa shape index (κ1) is 23.4. The van der Waals surface area contributed by atoms with E-state index in [1.165, 1.54) is 0 Å². The number of carbonyl (C=O) groups is 2. The highest BCUT2D eigenvalue weighted by Gasteiger charge is 2.29. The summed E-state index contributed by atoms with van der Waals surface area (Å²) in [5, 5.41) is 6.77. The van der Waals surface area contributed by atoms with Gasteiger partial charge < -0.3 is 24.7 Å². The fourth-order valence-corrected chi connectivity index (χ4v) is 5.11. The van der Waals surface area contributed by atoms with E-state index in [9.17, 15) is 9.59 Å². The van der Waals surface area contributed by atoms with Gasteiger partial charge in [-0.3, -0.25) is 0 Å². The third-order valence-electron chi connectivity index (χ3n) is 7.13. The Morgan fingerprint density at radius 2 is 1.50 bits per heavy atom. The molecule has 0 saturated heterocycles. The van der Waals surface area contributed by atoms with Crippen molar-refractivity contribution in [2.45, 2.75) is 83.2 Å². The topological polar surface area (TPSA) is 81.6 Å². The van der Waals surface area contributed by atoms with Crippen molar-refractivity contribution in [1.29, 1.82) is 0 Å². The van der Waals surface area contributed by atoms with Gasteiger partial charge >= 0.3 is 12.2 Å². The molecular weight excluding hydrogens is 477 g/mol. The smallest absolute Gasteiger partial charge is 0.407 e. The fourth-order valence-electron chi connectivity index (χ4n) is 4.81. The Balaban J connectivity index is 1.42. The summed E-state index contributed by atoms with van der Waals surface area (Å²) in [6.45, 7) is 1.04. The summed E-state index contributed by atoms with van der Waals surface area (Å²) in [6.07, 6.45) is 7.25. The molecule has 34 heavy (non-hydrogen) atoms. The first-order chi connectivity index (χ1) is 16.5. The predicted octanol–water partition coefficient (Wildman–Crippen LogP) is 5.97. The van der Waals surface area contributed by atoms with Gasteiger partial charge in [0.1, 0.15) is 13.2 Å². The summed E-state index contributed by atoms with van der Waals surface area (Å²) in [4.78, 5) is 24.8. The second-order valence-corrected chi connectivity index (χ2v) is 10.1. The lowest BCUT2D eigenvalue weighted by molar-refractivity contribution is 0.123. The minimum Gasteiger partial charge on any atom is -0.445 e. The third-order valence-corrected chi connectivity index (χ3v) is 7.87. The number of alkyl carbamates (subject to hydrolysis) is 2. The molecule has 2 heterocycles. The van der Waals surface area contributed by atoms with Crippen LogP contribution >= 0.6 is 23.2 Å². The number of rotatable bonds is 7. The van der Waals surface area contributed by atoms with Crippen LogP contribution < -0.4 is 10.6 Å². The highest BCUT2D eigenvalue weighted by atomic mass is 35.5. The normalized spacial score (nSPS) is 17.5. The van der Waals surface area contributed by atoms with Gasteiger partial charge in [0.05, 0.1) is 15.7 Å². The van der Waals surface area contributed by atoms with Crippen molar-refractivity contribution in [2.24, 2.45) is 0 Å². The molecule has 2 aromatic rings. The van der Waals surface area contributed by atoms with Crippen LogP contribution in [0.4, 0.5) is 9.59 Å². The van der Waals surface area contributed by atoms with Gasteiger partial charge in [0.2, 0.25) is 0 Å². The molecule has 0 atom stereocenters.